The van der Waals surface area contributed by atoms with Crippen molar-refractivity contribution in [1.82, 2.24) is 9.88 Å². The van der Waals surface area contributed by atoms with E-state index in [2.05, 4.69) is 22.1 Å². The van der Waals surface area contributed by atoms with Crippen molar-refractivity contribution in [3.8, 4) is 0 Å². The molecular formula is C18H23N3O2. The smallest absolute Gasteiger partial charge is 0.336 e. The maximum absolute atomic E-state index is 11.5. The van der Waals surface area contributed by atoms with Crippen molar-refractivity contribution in [1.29, 1.82) is 0 Å². The Bertz CT molecular complexity index is 702. The molecule has 1 aromatic carbocycles. The maximum Gasteiger partial charge on any atom is 0.336 e. The number of anilines is 1. The van der Waals surface area contributed by atoms with E-state index >= 15 is 0 Å². The van der Waals surface area contributed by atoms with Gasteiger partial charge in [-0.2, -0.15) is 0 Å². The van der Waals surface area contributed by atoms with Crippen molar-refractivity contribution in [3.05, 3.63) is 35.9 Å². The van der Waals surface area contributed by atoms with Gasteiger partial charge in [-0.1, -0.05) is 25.1 Å². The molecule has 122 valence electrons. The van der Waals surface area contributed by atoms with Gasteiger partial charge in [-0.3, -0.25) is 0 Å². The average Bonchev–Trinajstić information content (AvgIpc) is 2.54. The van der Waals surface area contributed by atoms with E-state index in [1.807, 2.05) is 18.2 Å². The van der Waals surface area contributed by atoms with Crippen LogP contribution in [0.1, 0.15) is 30.1 Å². The molecule has 1 aliphatic rings. The molecule has 3 rings (SSSR count). The number of hydrogen-bond acceptors (Lipinski definition) is 4. The molecule has 1 fully saturated rings. The van der Waals surface area contributed by atoms with Crippen molar-refractivity contribution in [2.24, 2.45) is 5.92 Å². The number of carboxylic acid groups (broad SMARTS) is 1. The van der Waals surface area contributed by atoms with Gasteiger partial charge in [0, 0.05) is 25.0 Å². The highest BCUT2D eigenvalue weighted by Crippen LogP contribution is 2.21. The molecule has 1 unspecified atom stereocenters. The van der Waals surface area contributed by atoms with Gasteiger partial charge >= 0.3 is 5.97 Å². The van der Waals surface area contributed by atoms with Gasteiger partial charge < -0.3 is 15.3 Å². The Labute approximate surface area is 136 Å². The molecule has 5 heteroatoms. The minimum atomic E-state index is -0.920. The number of likely N-dealkylation sites (tertiary alicyclic amines) is 1. The standard InChI is InChI=1S/C18H23N3O2/c1-13-5-4-9-21(12-13)10-8-19-17-11-15(18(22)23)14-6-2-3-7-16(14)20-17/h2-3,6-7,11,13H,4-5,8-10,12H2,1H3,(H,19,20)(H,22,23). The van der Waals surface area contributed by atoms with Crippen LogP contribution in [-0.2, 0) is 0 Å². The van der Waals surface area contributed by atoms with E-state index < -0.39 is 5.97 Å². The van der Waals surface area contributed by atoms with Crippen molar-refractivity contribution >= 4 is 22.7 Å². The van der Waals surface area contributed by atoms with Crippen LogP contribution in [0.2, 0.25) is 0 Å². The Morgan fingerprint density at radius 3 is 3.04 bits per heavy atom. The molecule has 1 atom stereocenters. The summed E-state index contributed by atoms with van der Waals surface area (Å²) in [5.74, 6) is 0.476. The zero-order valence-electron chi connectivity index (χ0n) is 13.5. The number of hydrogen-bond donors (Lipinski definition) is 2. The molecule has 0 bridgehead atoms. The first-order chi connectivity index (χ1) is 11.1. The van der Waals surface area contributed by atoms with E-state index in [1.165, 1.54) is 12.8 Å². The third-order valence-electron chi connectivity index (χ3n) is 4.42. The van der Waals surface area contributed by atoms with Crippen molar-refractivity contribution in [3.63, 3.8) is 0 Å². The van der Waals surface area contributed by atoms with Crippen LogP contribution < -0.4 is 5.32 Å². The molecule has 1 aromatic heterocycles. The topological polar surface area (TPSA) is 65.5 Å². The first-order valence-corrected chi connectivity index (χ1v) is 8.23. The summed E-state index contributed by atoms with van der Waals surface area (Å²) in [4.78, 5) is 18.4. The summed E-state index contributed by atoms with van der Waals surface area (Å²) in [6.45, 7) is 6.33. The molecular weight excluding hydrogens is 290 g/mol. The Hall–Kier alpha value is -2.14. The predicted octanol–water partition coefficient (Wildman–Crippen LogP) is 3.08. The number of nitrogens with one attached hydrogen (secondary N) is 1. The fourth-order valence-corrected chi connectivity index (χ4v) is 3.27. The van der Waals surface area contributed by atoms with Crippen LogP contribution in [-0.4, -0.2) is 47.1 Å². The summed E-state index contributed by atoms with van der Waals surface area (Å²) >= 11 is 0. The highest BCUT2D eigenvalue weighted by molar-refractivity contribution is 6.03. The van der Waals surface area contributed by atoms with Crippen molar-refractivity contribution in [2.45, 2.75) is 19.8 Å². The second-order valence-electron chi connectivity index (χ2n) is 6.35. The van der Waals surface area contributed by atoms with E-state index in [9.17, 15) is 9.90 Å². The van der Waals surface area contributed by atoms with Crippen molar-refractivity contribution in [2.75, 3.05) is 31.5 Å². The third kappa shape index (κ3) is 3.79. The Morgan fingerprint density at radius 2 is 2.26 bits per heavy atom. The number of fused-ring (bicyclic) bond motifs is 1. The van der Waals surface area contributed by atoms with Crippen molar-refractivity contribution < 1.29 is 9.90 Å². The molecule has 1 saturated heterocycles. The number of nitrogens with zero attached hydrogens (tertiary/aromatic N) is 2. The fraction of sp³-hybridized carbons (Fsp3) is 0.444. The highest BCUT2D eigenvalue weighted by Gasteiger charge is 2.16. The Balaban J connectivity index is 1.69. The molecule has 0 saturated carbocycles. The minimum absolute atomic E-state index is 0.296. The lowest BCUT2D eigenvalue weighted by Crippen LogP contribution is -2.37. The lowest BCUT2D eigenvalue weighted by molar-refractivity contribution is 0.0699. The van der Waals surface area contributed by atoms with E-state index in [1.54, 1.807) is 12.1 Å². The zero-order valence-corrected chi connectivity index (χ0v) is 13.5. The Kier molecular flexibility index (Phi) is 4.76. The number of rotatable bonds is 5. The van der Waals surface area contributed by atoms with E-state index in [-0.39, 0.29) is 0 Å². The van der Waals surface area contributed by atoms with Gasteiger partial charge in [0.05, 0.1) is 11.1 Å². The van der Waals surface area contributed by atoms with Gasteiger partial charge in [-0.05, 0) is 37.4 Å². The molecule has 1 aliphatic heterocycles. The van der Waals surface area contributed by atoms with Crippen LogP contribution in [0.15, 0.2) is 30.3 Å². The van der Waals surface area contributed by atoms with Crippen LogP contribution in [0.25, 0.3) is 10.9 Å². The third-order valence-corrected chi connectivity index (χ3v) is 4.42. The fourth-order valence-electron chi connectivity index (χ4n) is 3.27. The number of para-hydroxylation sites is 1. The summed E-state index contributed by atoms with van der Waals surface area (Å²) in [7, 11) is 0. The summed E-state index contributed by atoms with van der Waals surface area (Å²) in [6, 6.07) is 8.98. The number of aromatic nitrogens is 1. The number of aromatic carboxylic acids is 1. The number of carboxylic acids is 1. The molecule has 2 aromatic rings. The highest BCUT2D eigenvalue weighted by atomic mass is 16.4. The quantitative estimate of drug-likeness (QED) is 0.888. The molecule has 0 aliphatic carbocycles. The normalized spacial score (nSPS) is 18.9. The van der Waals surface area contributed by atoms with E-state index in [0.29, 0.717) is 22.3 Å². The zero-order chi connectivity index (χ0) is 16.2. The second-order valence-corrected chi connectivity index (χ2v) is 6.35. The van der Waals surface area contributed by atoms with Crippen LogP contribution in [0.4, 0.5) is 5.82 Å². The molecule has 0 spiro atoms. The Morgan fingerprint density at radius 1 is 1.43 bits per heavy atom. The molecule has 0 radical (unpaired) electrons. The molecule has 0 amide bonds. The summed E-state index contributed by atoms with van der Waals surface area (Å²) in [6.07, 6.45) is 2.58. The van der Waals surface area contributed by atoms with Gasteiger partial charge in [0.1, 0.15) is 5.82 Å². The number of pyridine rings is 1. The summed E-state index contributed by atoms with van der Waals surface area (Å²) in [5.41, 5.74) is 1.01. The van der Waals surface area contributed by atoms with Gasteiger partial charge in [0.2, 0.25) is 0 Å². The van der Waals surface area contributed by atoms with Crippen LogP contribution in [0.5, 0.6) is 0 Å². The van der Waals surface area contributed by atoms with Gasteiger partial charge in [0.15, 0.2) is 0 Å². The second kappa shape index (κ2) is 6.96. The number of benzene rings is 1. The van der Waals surface area contributed by atoms with Gasteiger partial charge in [-0.25, -0.2) is 9.78 Å². The first-order valence-electron chi connectivity index (χ1n) is 8.23. The minimum Gasteiger partial charge on any atom is -0.478 e. The average molecular weight is 313 g/mol. The monoisotopic (exact) mass is 313 g/mol. The SMILES string of the molecule is CC1CCCN(CCNc2cc(C(=O)O)c3ccccc3n2)C1. The molecule has 5 nitrogen and oxygen atoms in total. The molecule has 23 heavy (non-hydrogen) atoms. The lowest BCUT2D eigenvalue weighted by Gasteiger charge is -2.30. The number of carbonyl (C=O) groups is 1. The lowest BCUT2D eigenvalue weighted by atomic mass is 10.0. The number of piperidine rings is 1. The van der Waals surface area contributed by atoms with Crippen LogP contribution >= 0.6 is 0 Å². The van der Waals surface area contributed by atoms with Crippen LogP contribution in [0, 0.1) is 5.92 Å². The van der Waals surface area contributed by atoms with Crippen LogP contribution in [0.3, 0.4) is 0 Å². The maximum atomic E-state index is 11.5. The summed E-state index contributed by atoms with van der Waals surface area (Å²) < 4.78 is 0. The van der Waals surface area contributed by atoms with E-state index in [0.717, 1.165) is 32.1 Å². The largest absolute Gasteiger partial charge is 0.478 e. The summed E-state index contributed by atoms with van der Waals surface area (Å²) in [5, 5.41) is 13.4. The van der Waals surface area contributed by atoms with E-state index in [4.69, 9.17) is 0 Å². The molecule has 2 N–H and O–H groups in total. The van der Waals surface area contributed by atoms with Gasteiger partial charge in [0.25, 0.3) is 0 Å². The first kappa shape index (κ1) is 15.7. The van der Waals surface area contributed by atoms with Gasteiger partial charge in [-0.15, -0.1) is 0 Å². The predicted molar refractivity (Wildman–Crippen MR) is 92.0 cm³/mol. The molecule has 2 heterocycles.